The zero-order valence-electron chi connectivity index (χ0n) is 17.5. The van der Waals surface area contributed by atoms with E-state index in [-0.39, 0.29) is 18.1 Å². The number of nitrogens with zero attached hydrogens (tertiary/aromatic N) is 1. The van der Waals surface area contributed by atoms with Crippen LogP contribution in [-0.2, 0) is 10.3 Å². The predicted molar refractivity (Wildman–Crippen MR) is 127 cm³/mol. The second-order valence-corrected chi connectivity index (χ2v) is 8.60. The molecule has 4 nitrogen and oxygen atoms in total. The summed E-state index contributed by atoms with van der Waals surface area (Å²) in [6.45, 7) is 7.98. The number of rotatable bonds is 9. The molecule has 1 aliphatic rings. The number of benzene rings is 2. The summed E-state index contributed by atoms with van der Waals surface area (Å²) in [5.41, 5.74) is 1.09. The van der Waals surface area contributed by atoms with Gasteiger partial charge < -0.3 is 14.6 Å². The molecule has 31 heavy (non-hydrogen) atoms. The zero-order chi connectivity index (χ0) is 22.6. The van der Waals surface area contributed by atoms with Gasteiger partial charge in [0.05, 0.1) is 5.71 Å². The molecular formula is C25H25Cl2NO3. The van der Waals surface area contributed by atoms with E-state index in [0.29, 0.717) is 33.7 Å². The number of aliphatic hydroxyl groups excluding tert-OH is 1. The second-order valence-electron chi connectivity index (χ2n) is 7.75. The Morgan fingerprint density at radius 2 is 1.90 bits per heavy atom. The normalized spacial score (nSPS) is 19.0. The standard InChI is InChI=1S/C25H25Cl2NO3/c1-4-13-31-19-8-5-17(6-9-19)20(11-12-29)25(15-23(30)24(28-25)16(2)3)21-10-7-18(26)14-22(21)27/h4-10,12,14-16,20,30H,1,11,13H2,2-3H3. The van der Waals surface area contributed by atoms with E-state index in [0.717, 1.165) is 11.8 Å². The van der Waals surface area contributed by atoms with Crippen molar-refractivity contribution in [3.05, 3.63) is 88.1 Å². The van der Waals surface area contributed by atoms with E-state index in [9.17, 15) is 9.90 Å². The summed E-state index contributed by atoms with van der Waals surface area (Å²) in [6.07, 6.45) is 4.43. The third kappa shape index (κ3) is 4.70. The van der Waals surface area contributed by atoms with Crippen LogP contribution in [0.25, 0.3) is 0 Å². The first kappa shape index (κ1) is 23.1. The van der Waals surface area contributed by atoms with Crippen molar-refractivity contribution in [1.29, 1.82) is 0 Å². The van der Waals surface area contributed by atoms with E-state index in [4.69, 9.17) is 32.9 Å². The van der Waals surface area contributed by atoms with Crippen LogP contribution in [0.2, 0.25) is 10.0 Å². The lowest BCUT2D eigenvalue weighted by atomic mass is 9.73. The Morgan fingerprint density at radius 1 is 1.19 bits per heavy atom. The van der Waals surface area contributed by atoms with Crippen molar-refractivity contribution >= 4 is 35.2 Å². The average molecular weight is 458 g/mol. The molecule has 0 aliphatic carbocycles. The number of halogens is 2. The fourth-order valence-corrected chi connectivity index (χ4v) is 4.49. The number of ether oxygens (including phenoxy) is 1. The summed E-state index contributed by atoms with van der Waals surface area (Å²) < 4.78 is 5.58. The van der Waals surface area contributed by atoms with Crippen molar-refractivity contribution in [2.45, 2.75) is 31.7 Å². The Balaban J connectivity index is 2.19. The van der Waals surface area contributed by atoms with Gasteiger partial charge in [-0.3, -0.25) is 4.99 Å². The molecule has 0 amide bonds. The molecule has 0 saturated heterocycles. The average Bonchev–Trinajstić information content (AvgIpc) is 3.09. The van der Waals surface area contributed by atoms with E-state index >= 15 is 0 Å². The van der Waals surface area contributed by atoms with Gasteiger partial charge in [-0.15, -0.1) is 0 Å². The van der Waals surface area contributed by atoms with Crippen LogP contribution in [-0.4, -0.2) is 23.7 Å². The highest BCUT2D eigenvalue weighted by atomic mass is 35.5. The SMILES string of the molecule is C=CCOc1ccc(C(CC=O)C2(c3ccc(Cl)cc3Cl)C=C(O)C(C(C)C)=N2)cc1. The minimum Gasteiger partial charge on any atom is -0.506 e. The number of hydrogen-bond donors (Lipinski definition) is 1. The van der Waals surface area contributed by atoms with Crippen LogP contribution < -0.4 is 4.74 Å². The molecule has 0 bridgehead atoms. The van der Waals surface area contributed by atoms with Gasteiger partial charge in [0, 0.05) is 27.9 Å². The summed E-state index contributed by atoms with van der Waals surface area (Å²) in [4.78, 5) is 16.7. The number of carbonyl (C=O) groups excluding carboxylic acids is 1. The highest BCUT2D eigenvalue weighted by molar-refractivity contribution is 6.35. The van der Waals surface area contributed by atoms with Gasteiger partial charge in [0.1, 0.15) is 29.9 Å². The number of allylic oxidation sites excluding steroid dienone is 1. The van der Waals surface area contributed by atoms with Crippen molar-refractivity contribution in [2.24, 2.45) is 10.9 Å². The summed E-state index contributed by atoms with van der Waals surface area (Å²) in [6, 6.07) is 12.7. The van der Waals surface area contributed by atoms with E-state index in [1.807, 2.05) is 38.1 Å². The maximum Gasteiger partial charge on any atom is 0.135 e. The van der Waals surface area contributed by atoms with Crippen molar-refractivity contribution in [3.63, 3.8) is 0 Å². The summed E-state index contributed by atoms with van der Waals surface area (Å²) in [5, 5.41) is 11.7. The summed E-state index contributed by atoms with van der Waals surface area (Å²) in [5.74, 6) is 0.400. The van der Waals surface area contributed by atoms with Gasteiger partial charge in [0.2, 0.25) is 0 Å². The molecule has 0 fully saturated rings. The lowest BCUT2D eigenvalue weighted by Gasteiger charge is -2.34. The first-order chi connectivity index (χ1) is 14.8. The molecule has 6 heteroatoms. The van der Waals surface area contributed by atoms with E-state index in [2.05, 4.69) is 6.58 Å². The molecule has 1 heterocycles. The Morgan fingerprint density at radius 3 is 2.45 bits per heavy atom. The molecule has 2 unspecified atom stereocenters. The molecule has 1 N–H and O–H groups in total. The van der Waals surface area contributed by atoms with Crippen LogP contribution in [0.15, 0.2) is 71.9 Å². The molecule has 2 aromatic carbocycles. The quantitative estimate of drug-likeness (QED) is 0.337. The van der Waals surface area contributed by atoms with Gasteiger partial charge in [-0.2, -0.15) is 0 Å². The maximum absolute atomic E-state index is 11.7. The van der Waals surface area contributed by atoms with Crippen LogP contribution in [0.4, 0.5) is 0 Å². The molecule has 1 aliphatic heterocycles. The Labute approximate surface area is 192 Å². The highest BCUT2D eigenvalue weighted by Gasteiger charge is 2.45. The maximum atomic E-state index is 11.7. The number of aldehydes is 1. The van der Waals surface area contributed by atoms with Gasteiger partial charge in [-0.1, -0.05) is 67.9 Å². The number of aliphatic imine (C=N–C) groups is 1. The van der Waals surface area contributed by atoms with Gasteiger partial charge in [-0.05, 0) is 41.8 Å². The van der Waals surface area contributed by atoms with Gasteiger partial charge in [0.25, 0.3) is 0 Å². The Kier molecular flexibility index (Phi) is 7.24. The summed E-state index contributed by atoms with van der Waals surface area (Å²) >= 11 is 12.7. The first-order valence-electron chi connectivity index (χ1n) is 10.1. The molecular weight excluding hydrogens is 433 g/mol. The zero-order valence-corrected chi connectivity index (χ0v) is 19.0. The lowest BCUT2D eigenvalue weighted by Crippen LogP contribution is -2.30. The fraction of sp³-hybridized carbons (Fsp3) is 0.280. The van der Waals surface area contributed by atoms with Crippen molar-refractivity contribution in [2.75, 3.05) is 6.61 Å². The van der Waals surface area contributed by atoms with Crippen LogP contribution in [0.3, 0.4) is 0 Å². The molecule has 2 atom stereocenters. The van der Waals surface area contributed by atoms with Gasteiger partial charge >= 0.3 is 0 Å². The molecule has 0 spiro atoms. The van der Waals surface area contributed by atoms with Crippen LogP contribution in [0.5, 0.6) is 5.75 Å². The number of hydrogen-bond acceptors (Lipinski definition) is 4. The monoisotopic (exact) mass is 457 g/mol. The van der Waals surface area contributed by atoms with Crippen molar-refractivity contribution in [3.8, 4) is 5.75 Å². The van der Waals surface area contributed by atoms with E-state index in [1.165, 1.54) is 0 Å². The second kappa shape index (κ2) is 9.71. The largest absolute Gasteiger partial charge is 0.506 e. The lowest BCUT2D eigenvalue weighted by molar-refractivity contribution is -0.108. The van der Waals surface area contributed by atoms with Crippen LogP contribution in [0.1, 0.15) is 37.3 Å². The van der Waals surface area contributed by atoms with Crippen molar-refractivity contribution in [1.82, 2.24) is 0 Å². The third-order valence-electron chi connectivity index (χ3n) is 5.35. The topological polar surface area (TPSA) is 58.9 Å². The summed E-state index contributed by atoms with van der Waals surface area (Å²) in [7, 11) is 0. The van der Waals surface area contributed by atoms with E-state index in [1.54, 1.807) is 30.4 Å². The fourth-order valence-electron chi connectivity index (χ4n) is 3.93. The smallest absolute Gasteiger partial charge is 0.135 e. The molecule has 0 aromatic heterocycles. The molecule has 0 saturated carbocycles. The Hall–Kier alpha value is -2.56. The Bertz CT molecular complexity index is 1030. The highest BCUT2D eigenvalue weighted by Crippen LogP contribution is 2.50. The minimum absolute atomic E-state index is 0.00392. The minimum atomic E-state index is -1.05. The number of carbonyl (C=O) groups is 1. The van der Waals surface area contributed by atoms with E-state index < -0.39 is 11.5 Å². The number of aliphatic hydroxyl groups is 1. The van der Waals surface area contributed by atoms with Gasteiger partial charge in [-0.25, -0.2) is 0 Å². The predicted octanol–water partition coefficient (Wildman–Crippen LogP) is 6.68. The third-order valence-corrected chi connectivity index (χ3v) is 5.90. The molecule has 162 valence electrons. The molecule has 2 aromatic rings. The first-order valence-corrected chi connectivity index (χ1v) is 10.8. The molecule has 3 rings (SSSR count). The van der Waals surface area contributed by atoms with Crippen LogP contribution in [0, 0.1) is 5.92 Å². The van der Waals surface area contributed by atoms with Crippen LogP contribution >= 0.6 is 23.2 Å². The molecule has 0 radical (unpaired) electrons. The van der Waals surface area contributed by atoms with Gasteiger partial charge in [0.15, 0.2) is 0 Å². The van der Waals surface area contributed by atoms with Crippen molar-refractivity contribution < 1.29 is 14.6 Å².